The molecule has 6 nitrogen and oxygen atoms in total. The SMILES string of the molecule is O=C(CC1CCN(c2ccc(OC(F)(F)F)cc2)CC1)Nc1ccc2c(c1)OC(=O)C2. The van der Waals surface area contributed by atoms with E-state index in [2.05, 4.69) is 15.0 Å². The molecule has 0 spiro atoms. The number of rotatable bonds is 5. The van der Waals surface area contributed by atoms with Gasteiger partial charge in [-0.3, -0.25) is 9.59 Å². The molecule has 31 heavy (non-hydrogen) atoms. The van der Waals surface area contributed by atoms with E-state index in [4.69, 9.17) is 4.74 Å². The number of anilines is 2. The van der Waals surface area contributed by atoms with E-state index in [9.17, 15) is 22.8 Å². The van der Waals surface area contributed by atoms with Gasteiger partial charge in [-0.05, 0) is 49.1 Å². The molecule has 1 saturated heterocycles. The molecular weight excluding hydrogens is 413 g/mol. The minimum Gasteiger partial charge on any atom is -0.426 e. The average Bonchev–Trinajstić information content (AvgIpc) is 3.07. The number of hydrogen-bond donors (Lipinski definition) is 1. The molecule has 2 aliphatic rings. The second-order valence-corrected chi connectivity index (χ2v) is 7.70. The second kappa shape index (κ2) is 8.49. The lowest BCUT2D eigenvalue weighted by Gasteiger charge is -2.33. The predicted octanol–water partition coefficient (Wildman–Crippen LogP) is 4.29. The van der Waals surface area contributed by atoms with Gasteiger partial charge in [0.1, 0.15) is 11.5 Å². The van der Waals surface area contributed by atoms with Crippen molar-refractivity contribution in [3.8, 4) is 11.5 Å². The van der Waals surface area contributed by atoms with Crippen molar-refractivity contribution in [1.82, 2.24) is 0 Å². The molecule has 2 aromatic carbocycles. The standard InChI is InChI=1S/C22H21F3N2O4/c23-22(24,25)31-18-5-3-17(4-6-18)27-9-7-14(8-10-27)11-20(28)26-16-2-1-15-12-21(29)30-19(15)13-16/h1-6,13-14H,7-12H2,(H,26,28). The number of benzene rings is 2. The predicted molar refractivity (Wildman–Crippen MR) is 107 cm³/mol. The van der Waals surface area contributed by atoms with Crippen LogP contribution in [0.3, 0.4) is 0 Å². The van der Waals surface area contributed by atoms with Gasteiger partial charge in [0.05, 0.1) is 6.42 Å². The van der Waals surface area contributed by atoms with Crippen LogP contribution in [0, 0.1) is 5.92 Å². The number of carbonyl (C=O) groups excluding carboxylic acids is 2. The Kier molecular flexibility index (Phi) is 5.75. The first-order chi connectivity index (χ1) is 14.7. The van der Waals surface area contributed by atoms with E-state index in [1.165, 1.54) is 12.1 Å². The third-order valence-electron chi connectivity index (χ3n) is 5.43. The number of piperidine rings is 1. The normalized spacial score (nSPS) is 16.6. The fourth-order valence-electron chi connectivity index (χ4n) is 3.92. The van der Waals surface area contributed by atoms with Crippen LogP contribution in [0.15, 0.2) is 42.5 Å². The van der Waals surface area contributed by atoms with Crippen molar-refractivity contribution in [1.29, 1.82) is 0 Å². The highest BCUT2D eigenvalue weighted by atomic mass is 19.4. The Bertz CT molecular complexity index is 968. The maximum atomic E-state index is 12.4. The molecule has 0 bridgehead atoms. The molecule has 0 aliphatic carbocycles. The van der Waals surface area contributed by atoms with Gasteiger partial charge in [0.15, 0.2) is 0 Å². The van der Waals surface area contributed by atoms with Crippen molar-refractivity contribution in [2.75, 3.05) is 23.3 Å². The number of fused-ring (bicyclic) bond motifs is 1. The van der Waals surface area contributed by atoms with Crippen molar-refractivity contribution < 1.29 is 32.2 Å². The molecule has 4 rings (SSSR count). The highest BCUT2D eigenvalue weighted by Gasteiger charge is 2.31. The third-order valence-corrected chi connectivity index (χ3v) is 5.43. The molecule has 2 aromatic rings. The second-order valence-electron chi connectivity index (χ2n) is 7.70. The minimum atomic E-state index is -4.70. The summed E-state index contributed by atoms with van der Waals surface area (Å²) in [5, 5.41) is 2.85. The Balaban J connectivity index is 1.25. The molecule has 164 valence electrons. The minimum absolute atomic E-state index is 0.101. The van der Waals surface area contributed by atoms with Crippen LogP contribution in [0.4, 0.5) is 24.5 Å². The highest BCUT2D eigenvalue weighted by Crippen LogP contribution is 2.31. The number of esters is 1. The molecule has 1 fully saturated rings. The van der Waals surface area contributed by atoms with E-state index in [1.807, 2.05) is 0 Å². The van der Waals surface area contributed by atoms with Crippen LogP contribution in [-0.2, 0) is 16.0 Å². The lowest BCUT2D eigenvalue weighted by molar-refractivity contribution is -0.274. The van der Waals surface area contributed by atoms with Gasteiger partial charge in [-0.2, -0.15) is 0 Å². The summed E-state index contributed by atoms with van der Waals surface area (Å²) in [4.78, 5) is 25.8. The van der Waals surface area contributed by atoms with Crippen LogP contribution in [0.2, 0.25) is 0 Å². The fraction of sp³-hybridized carbons (Fsp3) is 0.364. The van der Waals surface area contributed by atoms with Gasteiger partial charge in [-0.1, -0.05) is 6.07 Å². The van der Waals surface area contributed by atoms with E-state index in [1.54, 1.807) is 30.3 Å². The number of halogens is 3. The number of nitrogens with one attached hydrogen (secondary N) is 1. The van der Waals surface area contributed by atoms with Gasteiger partial charge in [-0.25, -0.2) is 0 Å². The fourth-order valence-corrected chi connectivity index (χ4v) is 3.92. The maximum Gasteiger partial charge on any atom is 0.573 e. The summed E-state index contributed by atoms with van der Waals surface area (Å²) in [5.41, 5.74) is 2.23. The number of alkyl halides is 3. The van der Waals surface area contributed by atoms with E-state index in [0.29, 0.717) is 30.9 Å². The van der Waals surface area contributed by atoms with Crippen LogP contribution in [0.5, 0.6) is 11.5 Å². The van der Waals surface area contributed by atoms with E-state index < -0.39 is 6.36 Å². The summed E-state index contributed by atoms with van der Waals surface area (Å²) in [6, 6.07) is 11.0. The monoisotopic (exact) mass is 434 g/mol. The highest BCUT2D eigenvalue weighted by molar-refractivity contribution is 5.92. The molecule has 2 heterocycles. The van der Waals surface area contributed by atoms with Crippen molar-refractivity contribution in [3.05, 3.63) is 48.0 Å². The van der Waals surface area contributed by atoms with Crippen molar-refractivity contribution in [3.63, 3.8) is 0 Å². The molecule has 0 atom stereocenters. The first-order valence-electron chi connectivity index (χ1n) is 9.99. The maximum absolute atomic E-state index is 12.4. The zero-order valence-electron chi connectivity index (χ0n) is 16.6. The summed E-state index contributed by atoms with van der Waals surface area (Å²) in [6.45, 7) is 1.43. The van der Waals surface area contributed by atoms with Gasteiger partial charge in [0, 0.05) is 42.5 Å². The topological polar surface area (TPSA) is 67.9 Å². The largest absolute Gasteiger partial charge is 0.573 e. The zero-order valence-corrected chi connectivity index (χ0v) is 16.6. The summed E-state index contributed by atoms with van der Waals surface area (Å²) in [7, 11) is 0. The molecule has 0 unspecified atom stereocenters. The van der Waals surface area contributed by atoms with Crippen LogP contribution >= 0.6 is 0 Å². The van der Waals surface area contributed by atoms with Crippen LogP contribution in [0.25, 0.3) is 0 Å². The van der Waals surface area contributed by atoms with Gasteiger partial charge >= 0.3 is 12.3 Å². The number of carbonyl (C=O) groups is 2. The van der Waals surface area contributed by atoms with Crippen molar-refractivity contribution in [2.24, 2.45) is 5.92 Å². The summed E-state index contributed by atoms with van der Waals surface area (Å²) < 4.78 is 45.8. The molecule has 9 heteroatoms. The van der Waals surface area contributed by atoms with Crippen molar-refractivity contribution >= 4 is 23.3 Å². The molecular formula is C22H21F3N2O4. The van der Waals surface area contributed by atoms with Gasteiger partial charge in [-0.15, -0.1) is 13.2 Å². The Hall–Kier alpha value is -3.23. The number of nitrogens with zero attached hydrogens (tertiary/aromatic N) is 1. The summed E-state index contributed by atoms with van der Waals surface area (Å²) in [5.74, 6) is 0.0624. The molecule has 1 amide bonds. The lowest BCUT2D eigenvalue weighted by Crippen LogP contribution is -2.34. The average molecular weight is 434 g/mol. The molecule has 2 aliphatic heterocycles. The lowest BCUT2D eigenvalue weighted by atomic mass is 9.93. The van der Waals surface area contributed by atoms with Crippen molar-refractivity contribution in [2.45, 2.75) is 32.0 Å². The molecule has 0 aromatic heterocycles. The number of hydrogen-bond acceptors (Lipinski definition) is 5. The first-order valence-corrected chi connectivity index (χ1v) is 9.99. The zero-order chi connectivity index (χ0) is 22.0. The molecule has 0 radical (unpaired) electrons. The number of ether oxygens (including phenoxy) is 2. The van der Waals surface area contributed by atoms with Crippen LogP contribution < -0.4 is 19.7 Å². The Morgan fingerprint density at radius 1 is 1.13 bits per heavy atom. The van der Waals surface area contributed by atoms with Crippen LogP contribution in [0.1, 0.15) is 24.8 Å². The molecule has 0 saturated carbocycles. The third kappa shape index (κ3) is 5.48. The number of amides is 1. The summed E-state index contributed by atoms with van der Waals surface area (Å²) >= 11 is 0. The van der Waals surface area contributed by atoms with Crippen LogP contribution in [-0.4, -0.2) is 31.3 Å². The Labute approximate surface area is 176 Å². The summed E-state index contributed by atoms with van der Waals surface area (Å²) in [6.07, 6.45) is -2.47. The smallest absolute Gasteiger partial charge is 0.426 e. The van der Waals surface area contributed by atoms with Gasteiger partial charge < -0.3 is 19.7 Å². The van der Waals surface area contributed by atoms with E-state index >= 15 is 0 Å². The van der Waals surface area contributed by atoms with Gasteiger partial charge in [0.2, 0.25) is 5.91 Å². The Morgan fingerprint density at radius 3 is 2.52 bits per heavy atom. The first kappa shape index (κ1) is 21.0. The molecule has 1 N–H and O–H groups in total. The Morgan fingerprint density at radius 2 is 1.84 bits per heavy atom. The van der Waals surface area contributed by atoms with E-state index in [0.717, 1.165) is 24.1 Å². The van der Waals surface area contributed by atoms with Gasteiger partial charge in [0.25, 0.3) is 0 Å². The quantitative estimate of drug-likeness (QED) is 0.562. The van der Waals surface area contributed by atoms with E-state index in [-0.39, 0.29) is 30.0 Å².